The van der Waals surface area contributed by atoms with E-state index in [-0.39, 0.29) is 17.0 Å². The molecule has 1 saturated heterocycles. The van der Waals surface area contributed by atoms with Gasteiger partial charge in [0.15, 0.2) is 43.3 Å². The normalized spacial score (nSPS) is 22.7. The highest BCUT2D eigenvalue weighted by molar-refractivity contribution is 7.93. The smallest absolute Gasteiger partial charge is 0.240 e. The summed E-state index contributed by atoms with van der Waals surface area (Å²) in [7, 11) is -3.14. The first-order chi connectivity index (χ1) is 17.7. The number of aliphatic hydroxyl groups is 2. The second-order valence-electron chi connectivity index (χ2n) is 8.64. The van der Waals surface area contributed by atoms with Gasteiger partial charge in [-0.25, -0.2) is 23.4 Å². The molecule has 0 bridgehead atoms. The molecule has 14 heteroatoms. The summed E-state index contributed by atoms with van der Waals surface area (Å²) >= 11 is 0. The zero-order valence-electron chi connectivity index (χ0n) is 19.8. The van der Waals surface area contributed by atoms with Gasteiger partial charge in [0.2, 0.25) is 5.91 Å². The third kappa shape index (κ3) is 4.28. The quantitative estimate of drug-likeness (QED) is 0.265. The van der Waals surface area contributed by atoms with Gasteiger partial charge in [-0.2, -0.15) is 0 Å². The Bertz CT molecular complexity index is 1580. The van der Waals surface area contributed by atoms with Crippen LogP contribution in [0.4, 0.5) is 5.82 Å². The monoisotopic (exact) mass is 524 g/mol. The highest BCUT2D eigenvalue weighted by Crippen LogP contribution is 2.38. The molecule has 0 unspecified atom stereocenters. The summed E-state index contributed by atoms with van der Waals surface area (Å²) in [5.74, 6) is -0.376. The summed E-state index contributed by atoms with van der Waals surface area (Å²) in [5.41, 5.74) is 2.50. The summed E-state index contributed by atoms with van der Waals surface area (Å²) in [6.45, 7) is 2.16. The maximum absolute atomic E-state index is 13.3. The zero-order valence-corrected chi connectivity index (χ0v) is 20.7. The number of aryl methyl sites for hydroxylation is 1. The SMILES string of the molecule is CNC(=O)[C@@H]1[C@@H](O)[C@@H](O)[C@H](n2cnc3c(NCc4ccccn4)nc(-c4cncc(C)c4)nc32)S1(=O)=O. The van der Waals surface area contributed by atoms with Gasteiger partial charge in [0.05, 0.1) is 18.6 Å². The van der Waals surface area contributed by atoms with Crippen LogP contribution in [0.1, 0.15) is 16.6 Å². The highest BCUT2D eigenvalue weighted by atomic mass is 32.2. The number of carbonyl (C=O) groups is 1. The van der Waals surface area contributed by atoms with Crippen LogP contribution in [0.5, 0.6) is 0 Å². The molecule has 0 radical (unpaired) electrons. The predicted molar refractivity (Wildman–Crippen MR) is 133 cm³/mol. The minimum Gasteiger partial charge on any atom is -0.388 e. The molecule has 5 heterocycles. The van der Waals surface area contributed by atoms with Crippen molar-refractivity contribution in [1.29, 1.82) is 0 Å². The zero-order chi connectivity index (χ0) is 26.3. The van der Waals surface area contributed by atoms with Gasteiger partial charge in [-0.1, -0.05) is 6.07 Å². The molecule has 1 fully saturated rings. The third-order valence-corrected chi connectivity index (χ3v) is 8.52. The van der Waals surface area contributed by atoms with E-state index in [0.717, 1.165) is 15.8 Å². The van der Waals surface area contributed by atoms with Crippen LogP contribution < -0.4 is 10.6 Å². The number of aliphatic hydroxyl groups excluding tert-OH is 2. The van der Waals surface area contributed by atoms with Crippen LogP contribution in [0.15, 0.2) is 49.2 Å². The van der Waals surface area contributed by atoms with Gasteiger partial charge in [-0.3, -0.25) is 19.3 Å². The first-order valence-corrected chi connectivity index (χ1v) is 12.9. The number of fused-ring (bicyclic) bond motifs is 1. The first kappa shape index (κ1) is 24.7. The molecule has 4 N–H and O–H groups in total. The standard InChI is InChI=1S/C23H24N8O5S/c1-12-7-13(9-25-8-12)19-29-20(27-10-14-5-3-4-6-26-14)15-21(30-19)31(11-28-15)23-17(33)16(32)18(22(34)24-2)37(23,35)36/h3-9,11,16-18,23,32-33H,10H2,1-2H3,(H,24,34)(H,27,29,30)/t16-,17+,18-,23+/m0/s1. The second-order valence-corrected chi connectivity index (χ2v) is 10.8. The number of sulfone groups is 1. The van der Waals surface area contributed by atoms with E-state index in [1.807, 2.05) is 25.1 Å². The van der Waals surface area contributed by atoms with E-state index in [1.165, 1.54) is 13.4 Å². The number of carbonyl (C=O) groups excluding carboxylic acids is 1. The van der Waals surface area contributed by atoms with Crippen molar-refractivity contribution in [2.24, 2.45) is 0 Å². The lowest BCUT2D eigenvalue weighted by Gasteiger charge is -2.17. The molecule has 4 aromatic heterocycles. The molecule has 4 aromatic rings. The average Bonchev–Trinajstić information content (AvgIpc) is 3.37. The maximum Gasteiger partial charge on any atom is 0.240 e. The fourth-order valence-electron chi connectivity index (χ4n) is 4.37. The third-order valence-electron chi connectivity index (χ3n) is 6.14. The van der Waals surface area contributed by atoms with E-state index in [4.69, 9.17) is 0 Å². The largest absolute Gasteiger partial charge is 0.388 e. The van der Waals surface area contributed by atoms with Gasteiger partial charge < -0.3 is 20.8 Å². The molecule has 1 aliphatic rings. The predicted octanol–water partition coefficient (Wildman–Crippen LogP) is -0.0328. The summed E-state index contributed by atoms with van der Waals surface area (Å²) in [6, 6.07) is 7.30. The van der Waals surface area contributed by atoms with E-state index in [0.29, 0.717) is 17.9 Å². The van der Waals surface area contributed by atoms with Crippen LogP contribution in [-0.2, 0) is 21.2 Å². The van der Waals surface area contributed by atoms with Gasteiger partial charge in [0.25, 0.3) is 0 Å². The van der Waals surface area contributed by atoms with Gasteiger partial charge in [0.1, 0.15) is 12.2 Å². The van der Waals surface area contributed by atoms with Crippen molar-refractivity contribution in [1.82, 2.24) is 34.8 Å². The molecule has 13 nitrogen and oxygen atoms in total. The number of hydrogen-bond donors (Lipinski definition) is 4. The van der Waals surface area contributed by atoms with Crippen LogP contribution in [0.2, 0.25) is 0 Å². The summed E-state index contributed by atoms with van der Waals surface area (Å²) < 4.78 is 27.8. The van der Waals surface area contributed by atoms with Gasteiger partial charge in [0, 0.05) is 31.2 Å². The lowest BCUT2D eigenvalue weighted by molar-refractivity contribution is -0.123. The first-order valence-electron chi connectivity index (χ1n) is 11.3. The molecule has 4 atom stereocenters. The summed E-state index contributed by atoms with van der Waals surface area (Å²) in [5, 5.41) is 23.1. The Labute approximate surface area is 211 Å². The minimum absolute atomic E-state index is 0.0902. The Hall–Kier alpha value is -4.01. The number of hydrogen-bond acceptors (Lipinski definition) is 11. The van der Waals surface area contributed by atoms with Crippen molar-refractivity contribution < 1.29 is 23.4 Å². The molecular formula is C23H24N8O5S. The molecule has 1 aliphatic heterocycles. The van der Waals surface area contributed by atoms with Crippen LogP contribution in [-0.4, -0.2) is 78.5 Å². The topological polar surface area (TPSA) is 185 Å². The lowest BCUT2D eigenvalue weighted by atomic mass is 10.1. The van der Waals surface area contributed by atoms with Crippen LogP contribution in [0.3, 0.4) is 0 Å². The number of rotatable bonds is 6. The second kappa shape index (κ2) is 9.46. The van der Waals surface area contributed by atoms with Crippen molar-refractivity contribution in [3.8, 4) is 11.4 Å². The number of pyridine rings is 2. The van der Waals surface area contributed by atoms with Crippen LogP contribution in [0.25, 0.3) is 22.6 Å². The van der Waals surface area contributed by atoms with Gasteiger partial charge in [-0.05, 0) is 30.7 Å². The molecular weight excluding hydrogens is 500 g/mol. The van der Waals surface area contributed by atoms with Crippen LogP contribution >= 0.6 is 0 Å². The summed E-state index contributed by atoms with van der Waals surface area (Å²) in [4.78, 5) is 34.2. The van der Waals surface area contributed by atoms with Crippen molar-refractivity contribution in [2.45, 2.75) is 36.3 Å². The molecule has 37 heavy (non-hydrogen) atoms. The van der Waals surface area contributed by atoms with E-state index in [1.54, 1.807) is 24.7 Å². The number of nitrogens with one attached hydrogen (secondary N) is 2. The number of amides is 1. The molecule has 0 spiro atoms. The van der Waals surface area contributed by atoms with E-state index in [2.05, 4.69) is 35.6 Å². The lowest BCUT2D eigenvalue weighted by Crippen LogP contribution is -2.43. The van der Waals surface area contributed by atoms with Crippen molar-refractivity contribution in [3.05, 3.63) is 60.4 Å². The molecule has 0 aliphatic carbocycles. The van der Waals surface area contributed by atoms with E-state index >= 15 is 0 Å². The molecule has 0 aromatic carbocycles. The number of aromatic nitrogens is 6. The van der Waals surface area contributed by atoms with Crippen LogP contribution in [0, 0.1) is 6.92 Å². The summed E-state index contributed by atoms with van der Waals surface area (Å²) in [6.07, 6.45) is 2.47. The number of anilines is 1. The van der Waals surface area contributed by atoms with Crippen molar-refractivity contribution in [2.75, 3.05) is 12.4 Å². The van der Waals surface area contributed by atoms with Crippen molar-refractivity contribution >= 4 is 32.7 Å². The fraction of sp³-hybridized carbons (Fsp3) is 0.304. The Morgan fingerprint density at radius 3 is 2.65 bits per heavy atom. The fourth-order valence-corrected chi connectivity index (χ4v) is 6.65. The van der Waals surface area contributed by atoms with Gasteiger partial charge >= 0.3 is 0 Å². The Morgan fingerprint density at radius 1 is 1.14 bits per heavy atom. The van der Waals surface area contributed by atoms with E-state index < -0.39 is 38.6 Å². The molecule has 0 saturated carbocycles. The number of imidazole rings is 1. The maximum atomic E-state index is 13.3. The van der Waals surface area contributed by atoms with Crippen molar-refractivity contribution in [3.63, 3.8) is 0 Å². The Morgan fingerprint density at radius 2 is 1.95 bits per heavy atom. The highest BCUT2D eigenvalue weighted by Gasteiger charge is 2.58. The number of nitrogens with zero attached hydrogens (tertiary/aromatic N) is 6. The minimum atomic E-state index is -4.40. The molecule has 192 valence electrons. The van der Waals surface area contributed by atoms with Gasteiger partial charge in [-0.15, -0.1) is 0 Å². The Kier molecular flexibility index (Phi) is 6.31. The Balaban J connectivity index is 1.66. The van der Waals surface area contributed by atoms with E-state index in [9.17, 15) is 23.4 Å². The average molecular weight is 525 g/mol. The molecule has 1 amide bonds. The molecule has 5 rings (SSSR count).